The van der Waals surface area contributed by atoms with Crippen molar-refractivity contribution in [1.29, 1.82) is 0 Å². The third kappa shape index (κ3) is 3.28. The second kappa shape index (κ2) is 5.64. The predicted molar refractivity (Wildman–Crippen MR) is 71.5 cm³/mol. The number of halogens is 2. The van der Waals surface area contributed by atoms with E-state index in [2.05, 4.69) is 5.32 Å². The Kier molecular flexibility index (Phi) is 3.93. The minimum Gasteiger partial charge on any atom is -0.381 e. The summed E-state index contributed by atoms with van der Waals surface area (Å²) in [7, 11) is 0. The summed E-state index contributed by atoms with van der Waals surface area (Å²) < 4.78 is 26.2. The minimum atomic E-state index is -0.660. The standard InChI is InChI=1S/C14H12F2N2O2/c1-9-4-11(15)2-3-14(9)17-8-10-5-12(16)7-13(6-10)18(19)20/h2-7,17H,8H2,1H3. The van der Waals surface area contributed by atoms with Gasteiger partial charge >= 0.3 is 0 Å². The molecule has 6 heteroatoms. The van der Waals surface area contributed by atoms with Gasteiger partial charge in [0, 0.05) is 18.3 Å². The van der Waals surface area contributed by atoms with Crippen LogP contribution in [0.15, 0.2) is 36.4 Å². The lowest BCUT2D eigenvalue weighted by Gasteiger charge is -2.09. The van der Waals surface area contributed by atoms with E-state index >= 15 is 0 Å². The van der Waals surface area contributed by atoms with Crippen molar-refractivity contribution in [3.05, 3.63) is 69.3 Å². The molecule has 0 aliphatic carbocycles. The van der Waals surface area contributed by atoms with Crippen molar-refractivity contribution in [2.24, 2.45) is 0 Å². The van der Waals surface area contributed by atoms with E-state index in [1.54, 1.807) is 13.0 Å². The normalized spacial score (nSPS) is 10.3. The predicted octanol–water partition coefficient (Wildman–Crippen LogP) is 3.79. The molecule has 1 N–H and O–H groups in total. The summed E-state index contributed by atoms with van der Waals surface area (Å²) in [6.07, 6.45) is 0. The lowest BCUT2D eigenvalue weighted by Crippen LogP contribution is -2.02. The van der Waals surface area contributed by atoms with Crippen molar-refractivity contribution in [1.82, 2.24) is 0 Å². The van der Waals surface area contributed by atoms with Gasteiger partial charge in [-0.25, -0.2) is 8.78 Å². The van der Waals surface area contributed by atoms with Crippen molar-refractivity contribution < 1.29 is 13.7 Å². The Hall–Kier alpha value is -2.50. The molecule has 20 heavy (non-hydrogen) atoms. The second-order valence-corrected chi connectivity index (χ2v) is 4.39. The summed E-state index contributed by atoms with van der Waals surface area (Å²) in [4.78, 5) is 10.0. The van der Waals surface area contributed by atoms with E-state index in [-0.39, 0.29) is 18.0 Å². The first kappa shape index (κ1) is 13.9. The monoisotopic (exact) mass is 278 g/mol. The van der Waals surface area contributed by atoms with Gasteiger partial charge in [-0.2, -0.15) is 0 Å². The van der Waals surface area contributed by atoms with Gasteiger partial charge in [-0.3, -0.25) is 10.1 Å². The first-order valence-electron chi connectivity index (χ1n) is 5.89. The van der Waals surface area contributed by atoms with Gasteiger partial charge in [-0.1, -0.05) is 0 Å². The molecule has 2 aromatic carbocycles. The quantitative estimate of drug-likeness (QED) is 0.683. The van der Waals surface area contributed by atoms with Crippen LogP contribution in [0.1, 0.15) is 11.1 Å². The highest BCUT2D eigenvalue weighted by Crippen LogP contribution is 2.19. The first-order valence-corrected chi connectivity index (χ1v) is 5.89. The molecule has 0 aliphatic heterocycles. The number of aryl methyl sites for hydroxylation is 1. The maximum absolute atomic E-state index is 13.3. The molecule has 0 saturated heterocycles. The van der Waals surface area contributed by atoms with Crippen LogP contribution in [0.5, 0.6) is 0 Å². The van der Waals surface area contributed by atoms with Crippen molar-refractivity contribution in [3.8, 4) is 0 Å². The van der Waals surface area contributed by atoms with Crippen molar-refractivity contribution in [3.63, 3.8) is 0 Å². The molecule has 0 heterocycles. The molecule has 0 saturated carbocycles. The number of hydrogen-bond acceptors (Lipinski definition) is 3. The molecule has 2 aromatic rings. The van der Waals surface area contributed by atoms with Crippen LogP contribution >= 0.6 is 0 Å². The van der Waals surface area contributed by atoms with E-state index in [1.807, 2.05) is 0 Å². The van der Waals surface area contributed by atoms with Gasteiger partial charge in [0.1, 0.15) is 11.6 Å². The Bertz CT molecular complexity index is 660. The molecule has 0 aliphatic rings. The molecule has 0 bridgehead atoms. The van der Waals surface area contributed by atoms with Crippen molar-refractivity contribution in [2.45, 2.75) is 13.5 Å². The third-order valence-corrected chi connectivity index (χ3v) is 2.82. The molecular weight excluding hydrogens is 266 g/mol. The maximum Gasteiger partial charge on any atom is 0.272 e. The number of non-ortho nitro benzene ring substituents is 1. The molecule has 0 fully saturated rings. The number of nitrogens with one attached hydrogen (secondary N) is 1. The first-order chi connectivity index (χ1) is 9.45. The number of anilines is 1. The number of nitro benzene ring substituents is 1. The summed E-state index contributed by atoms with van der Waals surface area (Å²) in [6.45, 7) is 1.95. The van der Waals surface area contributed by atoms with Gasteiger partial charge in [0.15, 0.2) is 0 Å². The Morgan fingerprint density at radius 3 is 2.55 bits per heavy atom. The van der Waals surface area contributed by atoms with Crippen LogP contribution < -0.4 is 5.32 Å². The summed E-state index contributed by atoms with van der Waals surface area (Å²) in [5, 5.41) is 13.6. The molecular formula is C14H12F2N2O2. The molecule has 0 aromatic heterocycles. The highest BCUT2D eigenvalue weighted by Gasteiger charge is 2.10. The van der Waals surface area contributed by atoms with Crippen LogP contribution in [0.2, 0.25) is 0 Å². The second-order valence-electron chi connectivity index (χ2n) is 4.39. The number of nitrogens with zero attached hydrogens (tertiary/aromatic N) is 1. The minimum absolute atomic E-state index is 0.213. The van der Waals surface area contributed by atoms with Crippen LogP contribution in [-0.4, -0.2) is 4.92 Å². The van der Waals surface area contributed by atoms with E-state index < -0.39 is 10.7 Å². The van der Waals surface area contributed by atoms with Crippen LogP contribution in [0.4, 0.5) is 20.2 Å². The lowest BCUT2D eigenvalue weighted by molar-refractivity contribution is -0.385. The Labute approximate surface area is 114 Å². The number of rotatable bonds is 4. The topological polar surface area (TPSA) is 55.2 Å². The van der Waals surface area contributed by atoms with E-state index in [0.29, 0.717) is 16.8 Å². The zero-order valence-corrected chi connectivity index (χ0v) is 10.7. The van der Waals surface area contributed by atoms with Crippen LogP contribution in [0, 0.1) is 28.7 Å². The van der Waals surface area contributed by atoms with Crippen LogP contribution in [0.25, 0.3) is 0 Å². The number of benzene rings is 2. The highest BCUT2D eigenvalue weighted by molar-refractivity contribution is 5.51. The van der Waals surface area contributed by atoms with E-state index in [1.165, 1.54) is 24.3 Å². The maximum atomic E-state index is 13.3. The van der Waals surface area contributed by atoms with Crippen LogP contribution in [0.3, 0.4) is 0 Å². The van der Waals surface area contributed by atoms with Gasteiger partial charge in [0.25, 0.3) is 5.69 Å². The van der Waals surface area contributed by atoms with Gasteiger partial charge in [-0.05, 0) is 42.3 Å². The van der Waals surface area contributed by atoms with Gasteiger partial charge in [-0.15, -0.1) is 0 Å². The summed E-state index contributed by atoms with van der Waals surface area (Å²) in [6, 6.07) is 7.64. The SMILES string of the molecule is Cc1cc(F)ccc1NCc1cc(F)cc([N+](=O)[O-])c1. The Morgan fingerprint density at radius 2 is 1.90 bits per heavy atom. The molecule has 0 atom stereocenters. The fraction of sp³-hybridized carbons (Fsp3) is 0.143. The average Bonchev–Trinajstić information content (AvgIpc) is 2.37. The van der Waals surface area contributed by atoms with Crippen molar-refractivity contribution >= 4 is 11.4 Å². The largest absolute Gasteiger partial charge is 0.381 e. The molecule has 2 rings (SSSR count). The zero-order valence-electron chi connectivity index (χ0n) is 10.7. The number of hydrogen-bond donors (Lipinski definition) is 1. The third-order valence-electron chi connectivity index (χ3n) is 2.82. The van der Waals surface area contributed by atoms with E-state index in [9.17, 15) is 18.9 Å². The average molecular weight is 278 g/mol. The molecule has 0 unspecified atom stereocenters. The Balaban J connectivity index is 2.16. The summed E-state index contributed by atoms with van der Waals surface area (Å²) >= 11 is 0. The number of nitro groups is 1. The van der Waals surface area contributed by atoms with Crippen molar-refractivity contribution in [2.75, 3.05) is 5.32 Å². The zero-order chi connectivity index (χ0) is 14.7. The molecule has 4 nitrogen and oxygen atoms in total. The van der Waals surface area contributed by atoms with Gasteiger partial charge < -0.3 is 5.32 Å². The summed E-state index contributed by atoms with van der Waals surface area (Å²) in [5.74, 6) is -0.999. The Morgan fingerprint density at radius 1 is 1.15 bits per heavy atom. The van der Waals surface area contributed by atoms with E-state index in [4.69, 9.17) is 0 Å². The molecule has 104 valence electrons. The van der Waals surface area contributed by atoms with E-state index in [0.717, 1.165) is 6.07 Å². The molecule has 0 radical (unpaired) electrons. The van der Waals surface area contributed by atoms with Gasteiger partial charge in [0.2, 0.25) is 0 Å². The molecule has 0 spiro atoms. The van der Waals surface area contributed by atoms with Crippen LogP contribution in [-0.2, 0) is 6.54 Å². The smallest absolute Gasteiger partial charge is 0.272 e. The molecule has 0 amide bonds. The summed E-state index contributed by atoms with van der Waals surface area (Å²) in [5.41, 5.74) is 1.55. The lowest BCUT2D eigenvalue weighted by atomic mass is 10.1. The fourth-order valence-electron chi connectivity index (χ4n) is 1.86. The van der Waals surface area contributed by atoms with Gasteiger partial charge in [0.05, 0.1) is 11.0 Å². The highest BCUT2D eigenvalue weighted by atomic mass is 19.1. The fourth-order valence-corrected chi connectivity index (χ4v) is 1.86.